The van der Waals surface area contributed by atoms with Crippen molar-refractivity contribution in [2.75, 3.05) is 19.6 Å². The number of piperidine rings is 1. The lowest BCUT2D eigenvalue weighted by Gasteiger charge is -2.35. The van der Waals surface area contributed by atoms with Crippen LogP contribution in [0.3, 0.4) is 0 Å². The maximum absolute atomic E-state index is 13.0. The second-order valence-electron chi connectivity index (χ2n) is 8.19. The van der Waals surface area contributed by atoms with Gasteiger partial charge < -0.3 is 15.0 Å². The number of carbonyl (C=O) groups excluding carboxylic acids is 1. The van der Waals surface area contributed by atoms with Crippen LogP contribution >= 0.6 is 0 Å². The van der Waals surface area contributed by atoms with Crippen LogP contribution in [-0.2, 0) is 9.53 Å². The van der Waals surface area contributed by atoms with Gasteiger partial charge in [0.1, 0.15) is 11.4 Å². The van der Waals surface area contributed by atoms with Crippen molar-refractivity contribution in [3.8, 4) is 0 Å². The summed E-state index contributed by atoms with van der Waals surface area (Å²) >= 11 is 0. The maximum atomic E-state index is 13.0. The fourth-order valence-electron chi connectivity index (χ4n) is 2.96. The lowest BCUT2D eigenvalue weighted by Crippen LogP contribution is -2.44. The van der Waals surface area contributed by atoms with Crippen LogP contribution in [0, 0.1) is 0 Å². The summed E-state index contributed by atoms with van der Waals surface area (Å²) in [5.74, 6) is 0.305. The van der Waals surface area contributed by atoms with Crippen LogP contribution in [0.1, 0.15) is 60.8 Å². The molecule has 0 unspecified atom stereocenters. The third-order valence-electron chi connectivity index (χ3n) is 4.63. The normalized spacial score (nSPS) is 18.2. The number of carbonyl (C=O) groups is 1. The number of allylic oxidation sites excluding steroid dienone is 3. The second-order valence-corrected chi connectivity index (χ2v) is 8.19. The van der Waals surface area contributed by atoms with Gasteiger partial charge in [0.2, 0.25) is 0 Å². The predicted octanol–water partition coefficient (Wildman–Crippen LogP) is 4.60. The summed E-state index contributed by atoms with van der Waals surface area (Å²) in [7, 11) is 0. The molecular formula is C21H34F3N3O2. The molecule has 0 amide bonds. The van der Waals surface area contributed by atoms with Gasteiger partial charge in [-0.05, 0) is 59.5 Å². The number of hydrogen-bond donors (Lipinski definition) is 1. The van der Waals surface area contributed by atoms with Crippen LogP contribution < -0.4 is 5.32 Å². The number of nitrogens with zero attached hydrogens (tertiary/aromatic N) is 2. The number of hydrogen-bond acceptors (Lipinski definition) is 5. The molecule has 29 heavy (non-hydrogen) atoms. The van der Waals surface area contributed by atoms with E-state index in [4.69, 9.17) is 4.74 Å². The molecule has 0 saturated carbocycles. The monoisotopic (exact) mass is 417 g/mol. The van der Waals surface area contributed by atoms with Gasteiger partial charge in [-0.25, -0.2) is 4.99 Å². The van der Waals surface area contributed by atoms with E-state index in [1.807, 2.05) is 39.5 Å². The number of halogens is 3. The van der Waals surface area contributed by atoms with Crippen LogP contribution in [0.15, 0.2) is 28.0 Å². The SMILES string of the molecule is C\C=C(/C=N\C(=C(/C)CC)N1CCC(NCC(=O)OC(C)(C)C)CC1)C(F)(F)F. The number of likely N-dealkylation sites (tertiary alicyclic amines) is 1. The Kier molecular flexibility index (Phi) is 9.39. The minimum absolute atomic E-state index is 0.146. The molecule has 0 atom stereocenters. The van der Waals surface area contributed by atoms with E-state index in [0.29, 0.717) is 25.3 Å². The van der Waals surface area contributed by atoms with Gasteiger partial charge in [-0.1, -0.05) is 13.0 Å². The van der Waals surface area contributed by atoms with Crippen LogP contribution in [-0.4, -0.2) is 54.5 Å². The number of nitrogens with one attached hydrogen (secondary N) is 1. The molecular weight excluding hydrogens is 383 g/mol. The lowest BCUT2D eigenvalue weighted by molar-refractivity contribution is -0.153. The van der Waals surface area contributed by atoms with E-state index in [-0.39, 0.29) is 18.6 Å². The van der Waals surface area contributed by atoms with Crippen molar-refractivity contribution >= 4 is 12.2 Å². The van der Waals surface area contributed by atoms with Crippen molar-refractivity contribution in [3.63, 3.8) is 0 Å². The first-order valence-corrected chi connectivity index (χ1v) is 10.0. The van der Waals surface area contributed by atoms with Gasteiger partial charge in [-0.2, -0.15) is 13.2 Å². The molecule has 5 nitrogen and oxygen atoms in total. The smallest absolute Gasteiger partial charge is 0.417 e. The van der Waals surface area contributed by atoms with E-state index in [2.05, 4.69) is 10.3 Å². The predicted molar refractivity (Wildman–Crippen MR) is 110 cm³/mol. The van der Waals surface area contributed by atoms with Crippen LogP contribution in [0.5, 0.6) is 0 Å². The molecule has 0 aromatic rings. The van der Waals surface area contributed by atoms with Crippen molar-refractivity contribution in [1.82, 2.24) is 10.2 Å². The Balaban J connectivity index is 2.70. The molecule has 0 aromatic carbocycles. The number of aliphatic imine (C=N–C) groups is 1. The molecule has 8 heteroatoms. The first-order chi connectivity index (χ1) is 13.4. The molecule has 1 heterocycles. The Morgan fingerprint density at radius 2 is 1.83 bits per heavy atom. The molecule has 0 aromatic heterocycles. The summed E-state index contributed by atoms with van der Waals surface area (Å²) < 4.78 is 44.2. The summed E-state index contributed by atoms with van der Waals surface area (Å²) in [6.07, 6.45) is -0.234. The average Bonchev–Trinajstić information content (AvgIpc) is 2.61. The van der Waals surface area contributed by atoms with Crippen molar-refractivity contribution in [2.45, 2.75) is 78.6 Å². The van der Waals surface area contributed by atoms with Crippen molar-refractivity contribution < 1.29 is 22.7 Å². The fraction of sp³-hybridized carbons (Fsp3) is 0.714. The van der Waals surface area contributed by atoms with Crippen molar-refractivity contribution in [3.05, 3.63) is 23.0 Å². The minimum atomic E-state index is -4.41. The van der Waals surface area contributed by atoms with E-state index >= 15 is 0 Å². The number of rotatable bonds is 7. The quantitative estimate of drug-likeness (QED) is 0.486. The summed E-state index contributed by atoms with van der Waals surface area (Å²) in [6.45, 7) is 12.1. The molecule has 1 aliphatic rings. The summed E-state index contributed by atoms with van der Waals surface area (Å²) in [6, 6.07) is 0.159. The molecule has 0 radical (unpaired) electrons. The third-order valence-corrected chi connectivity index (χ3v) is 4.63. The Bertz CT molecular complexity index is 639. The zero-order valence-electron chi connectivity index (χ0n) is 18.3. The highest BCUT2D eigenvalue weighted by molar-refractivity contribution is 5.81. The summed E-state index contributed by atoms with van der Waals surface area (Å²) in [5, 5.41) is 3.21. The Labute approximate surface area is 172 Å². The largest absolute Gasteiger partial charge is 0.459 e. The minimum Gasteiger partial charge on any atom is -0.459 e. The van der Waals surface area contributed by atoms with Gasteiger partial charge in [0.05, 0.1) is 12.1 Å². The highest BCUT2D eigenvalue weighted by Crippen LogP contribution is 2.26. The number of alkyl halides is 3. The van der Waals surface area contributed by atoms with Crippen molar-refractivity contribution in [2.24, 2.45) is 4.99 Å². The molecule has 1 rings (SSSR count). The van der Waals surface area contributed by atoms with E-state index in [0.717, 1.165) is 30.7 Å². The van der Waals surface area contributed by atoms with Gasteiger partial charge in [0.15, 0.2) is 0 Å². The van der Waals surface area contributed by atoms with Crippen LogP contribution in [0.2, 0.25) is 0 Å². The standard InChI is InChI=1S/C21H34F3N3O2/c1-7-15(3)19(26-13-16(8-2)21(22,23)24)27-11-9-17(10-12-27)25-14-18(28)29-20(4,5)6/h8,13,17,25H,7,9-12,14H2,1-6H3/b16-8+,19-15-,26-13-. The average molecular weight is 418 g/mol. The molecule has 0 aliphatic carbocycles. The third kappa shape index (κ3) is 9.02. The summed E-state index contributed by atoms with van der Waals surface area (Å²) in [4.78, 5) is 18.1. The zero-order valence-corrected chi connectivity index (χ0v) is 18.3. The van der Waals surface area contributed by atoms with Crippen LogP contribution in [0.4, 0.5) is 13.2 Å². The molecule has 1 N–H and O–H groups in total. The van der Waals surface area contributed by atoms with Gasteiger partial charge >= 0.3 is 12.1 Å². The molecule has 0 spiro atoms. The zero-order chi connectivity index (χ0) is 22.2. The topological polar surface area (TPSA) is 53.9 Å². The highest BCUT2D eigenvalue weighted by Gasteiger charge is 2.32. The Hall–Kier alpha value is -1.83. The maximum Gasteiger partial charge on any atom is 0.417 e. The molecule has 0 bridgehead atoms. The molecule has 1 fully saturated rings. The van der Waals surface area contributed by atoms with E-state index in [1.54, 1.807) is 0 Å². The van der Waals surface area contributed by atoms with Gasteiger partial charge in [0, 0.05) is 25.3 Å². The van der Waals surface area contributed by atoms with Gasteiger partial charge in [-0.15, -0.1) is 0 Å². The van der Waals surface area contributed by atoms with E-state index in [9.17, 15) is 18.0 Å². The fourth-order valence-corrected chi connectivity index (χ4v) is 2.96. The molecule has 1 aliphatic heterocycles. The highest BCUT2D eigenvalue weighted by atomic mass is 19.4. The number of esters is 1. The Morgan fingerprint density at radius 1 is 1.24 bits per heavy atom. The van der Waals surface area contributed by atoms with Gasteiger partial charge in [0.25, 0.3) is 0 Å². The van der Waals surface area contributed by atoms with E-state index in [1.165, 1.54) is 6.92 Å². The summed E-state index contributed by atoms with van der Waals surface area (Å²) in [5.41, 5.74) is -0.327. The lowest BCUT2D eigenvalue weighted by atomic mass is 10.0. The van der Waals surface area contributed by atoms with Crippen molar-refractivity contribution in [1.29, 1.82) is 0 Å². The van der Waals surface area contributed by atoms with Crippen LogP contribution in [0.25, 0.3) is 0 Å². The first-order valence-electron chi connectivity index (χ1n) is 10.0. The van der Waals surface area contributed by atoms with E-state index < -0.39 is 17.4 Å². The second kappa shape index (κ2) is 10.8. The molecule has 166 valence electrons. The number of ether oxygens (including phenoxy) is 1. The Morgan fingerprint density at radius 3 is 2.28 bits per heavy atom. The molecule has 1 saturated heterocycles. The first kappa shape index (κ1) is 25.2. The van der Waals surface area contributed by atoms with Gasteiger partial charge in [-0.3, -0.25) is 4.79 Å².